The lowest BCUT2D eigenvalue weighted by atomic mass is 10.0. The van der Waals surface area contributed by atoms with Crippen LogP contribution in [0, 0.1) is 6.92 Å². The van der Waals surface area contributed by atoms with Gasteiger partial charge >= 0.3 is 0 Å². The predicted molar refractivity (Wildman–Crippen MR) is 64.6 cm³/mol. The van der Waals surface area contributed by atoms with Crippen LogP contribution in [0.1, 0.15) is 16.8 Å². The second-order valence-corrected chi connectivity index (χ2v) is 3.82. The fourth-order valence-corrected chi connectivity index (χ4v) is 1.69. The van der Waals surface area contributed by atoms with Gasteiger partial charge in [0, 0.05) is 7.05 Å². The van der Waals surface area contributed by atoms with Crippen LogP contribution in [0.15, 0.2) is 34.9 Å². The fraction of sp³-hybridized carbons (Fsp3) is 0.308. The van der Waals surface area contributed by atoms with Crippen molar-refractivity contribution in [2.75, 3.05) is 12.4 Å². The van der Waals surface area contributed by atoms with Gasteiger partial charge in [-0.3, -0.25) is 0 Å². The number of anilines is 1. The summed E-state index contributed by atoms with van der Waals surface area (Å²) in [7, 11) is 1.80. The molecular formula is C13H16N2O. The summed E-state index contributed by atoms with van der Waals surface area (Å²) in [6, 6.07) is 9.02. The van der Waals surface area contributed by atoms with Crippen LogP contribution in [0.2, 0.25) is 0 Å². The van der Waals surface area contributed by atoms with Crippen LogP contribution >= 0.6 is 0 Å². The monoisotopic (exact) mass is 216 g/mol. The summed E-state index contributed by atoms with van der Waals surface area (Å²) < 4.78 is 5.21. The zero-order valence-corrected chi connectivity index (χ0v) is 9.66. The Hall–Kier alpha value is -1.77. The van der Waals surface area contributed by atoms with Gasteiger partial charge in [0.25, 0.3) is 6.01 Å². The molecule has 0 aliphatic rings. The van der Waals surface area contributed by atoms with E-state index >= 15 is 0 Å². The molecule has 1 aromatic heterocycles. The van der Waals surface area contributed by atoms with Crippen LogP contribution in [0.25, 0.3) is 0 Å². The average molecular weight is 216 g/mol. The number of hydrogen-bond donors (Lipinski definition) is 1. The van der Waals surface area contributed by atoms with Gasteiger partial charge in [-0.1, -0.05) is 24.3 Å². The van der Waals surface area contributed by atoms with Crippen molar-refractivity contribution in [3.05, 3.63) is 47.3 Å². The van der Waals surface area contributed by atoms with E-state index in [0.29, 0.717) is 6.01 Å². The zero-order chi connectivity index (χ0) is 11.4. The Morgan fingerprint density at radius 1 is 1.25 bits per heavy atom. The minimum Gasteiger partial charge on any atom is -0.432 e. The van der Waals surface area contributed by atoms with E-state index in [1.807, 2.05) is 0 Å². The maximum absolute atomic E-state index is 5.21. The second kappa shape index (κ2) is 4.84. The Morgan fingerprint density at radius 2 is 2.06 bits per heavy atom. The summed E-state index contributed by atoms with van der Waals surface area (Å²) in [5, 5.41) is 2.88. The van der Waals surface area contributed by atoms with Gasteiger partial charge in [0.2, 0.25) is 0 Å². The third-order valence-corrected chi connectivity index (χ3v) is 2.68. The summed E-state index contributed by atoms with van der Waals surface area (Å²) in [6.07, 6.45) is 3.63. The Balaban J connectivity index is 1.99. The lowest BCUT2D eigenvalue weighted by Crippen LogP contribution is -1.95. The molecule has 0 saturated carbocycles. The van der Waals surface area contributed by atoms with E-state index in [1.54, 1.807) is 13.3 Å². The largest absolute Gasteiger partial charge is 0.432 e. The van der Waals surface area contributed by atoms with E-state index in [2.05, 4.69) is 41.5 Å². The van der Waals surface area contributed by atoms with Crippen LogP contribution in [0.5, 0.6) is 0 Å². The highest BCUT2D eigenvalue weighted by atomic mass is 16.4. The molecular weight excluding hydrogens is 200 g/mol. The number of nitrogens with one attached hydrogen (secondary N) is 1. The Bertz CT molecular complexity index is 462. The van der Waals surface area contributed by atoms with Gasteiger partial charge in [-0.25, -0.2) is 0 Å². The van der Waals surface area contributed by atoms with Crippen molar-refractivity contribution in [1.82, 2.24) is 4.98 Å². The van der Waals surface area contributed by atoms with E-state index < -0.39 is 0 Å². The first-order chi connectivity index (χ1) is 7.79. The summed E-state index contributed by atoms with van der Waals surface area (Å²) in [5.74, 6) is 0. The standard InChI is InChI=1S/C13H16N2O/c1-10-5-3-4-6-11(10)7-8-12-9-16-13(14-2)15-12/h3-6,9H,7-8H2,1-2H3,(H,14,15). The van der Waals surface area contributed by atoms with Crippen LogP contribution < -0.4 is 5.32 Å². The number of aryl methyl sites for hydroxylation is 3. The first kappa shape index (κ1) is 10.7. The molecule has 0 unspecified atom stereocenters. The molecule has 0 saturated heterocycles. The van der Waals surface area contributed by atoms with Crippen molar-refractivity contribution in [2.45, 2.75) is 19.8 Å². The summed E-state index contributed by atoms with van der Waals surface area (Å²) in [4.78, 5) is 4.30. The van der Waals surface area contributed by atoms with E-state index in [4.69, 9.17) is 4.42 Å². The van der Waals surface area contributed by atoms with Crippen LogP contribution in [0.4, 0.5) is 6.01 Å². The third kappa shape index (κ3) is 2.42. The average Bonchev–Trinajstić information content (AvgIpc) is 2.76. The van der Waals surface area contributed by atoms with Crippen molar-refractivity contribution >= 4 is 6.01 Å². The molecule has 16 heavy (non-hydrogen) atoms. The predicted octanol–water partition coefficient (Wildman–Crippen LogP) is 2.81. The highest BCUT2D eigenvalue weighted by Crippen LogP contribution is 2.12. The van der Waals surface area contributed by atoms with E-state index in [0.717, 1.165) is 18.5 Å². The number of nitrogens with zero attached hydrogens (tertiary/aromatic N) is 1. The molecule has 0 aliphatic heterocycles. The molecule has 0 spiro atoms. The first-order valence-electron chi connectivity index (χ1n) is 5.46. The van der Waals surface area contributed by atoms with E-state index in [9.17, 15) is 0 Å². The molecule has 0 bridgehead atoms. The maximum Gasteiger partial charge on any atom is 0.294 e. The molecule has 3 heteroatoms. The topological polar surface area (TPSA) is 38.1 Å². The van der Waals surface area contributed by atoms with Gasteiger partial charge < -0.3 is 9.73 Å². The Morgan fingerprint density at radius 3 is 2.75 bits per heavy atom. The van der Waals surface area contributed by atoms with E-state index in [-0.39, 0.29) is 0 Å². The molecule has 3 nitrogen and oxygen atoms in total. The number of rotatable bonds is 4. The molecule has 0 aliphatic carbocycles. The molecule has 1 aromatic carbocycles. The molecule has 2 rings (SSSR count). The van der Waals surface area contributed by atoms with Crippen LogP contribution in [-0.4, -0.2) is 12.0 Å². The highest BCUT2D eigenvalue weighted by Gasteiger charge is 2.03. The van der Waals surface area contributed by atoms with Crippen LogP contribution in [-0.2, 0) is 12.8 Å². The zero-order valence-electron chi connectivity index (χ0n) is 9.66. The fourth-order valence-electron chi connectivity index (χ4n) is 1.69. The number of oxazole rings is 1. The molecule has 1 heterocycles. The van der Waals surface area contributed by atoms with Gasteiger partial charge in [-0.15, -0.1) is 0 Å². The SMILES string of the molecule is CNc1nc(CCc2ccccc2C)co1. The molecule has 84 valence electrons. The molecule has 0 amide bonds. The van der Waals surface area contributed by atoms with Gasteiger partial charge in [0.05, 0.1) is 5.69 Å². The summed E-state index contributed by atoms with van der Waals surface area (Å²) >= 11 is 0. The van der Waals surface area contributed by atoms with Gasteiger partial charge in [0.15, 0.2) is 0 Å². The van der Waals surface area contributed by atoms with Gasteiger partial charge in [0.1, 0.15) is 6.26 Å². The van der Waals surface area contributed by atoms with Gasteiger partial charge in [-0.2, -0.15) is 4.98 Å². The third-order valence-electron chi connectivity index (χ3n) is 2.68. The molecule has 0 atom stereocenters. The minimum absolute atomic E-state index is 0.583. The first-order valence-corrected chi connectivity index (χ1v) is 5.46. The summed E-state index contributed by atoms with van der Waals surface area (Å²) in [6.45, 7) is 2.14. The summed E-state index contributed by atoms with van der Waals surface area (Å²) in [5.41, 5.74) is 3.70. The molecule has 1 N–H and O–H groups in total. The smallest absolute Gasteiger partial charge is 0.294 e. The lowest BCUT2D eigenvalue weighted by Gasteiger charge is -2.02. The van der Waals surface area contributed by atoms with Crippen molar-refractivity contribution in [3.63, 3.8) is 0 Å². The molecule has 2 aromatic rings. The Kier molecular flexibility index (Phi) is 3.25. The molecule has 0 fully saturated rings. The van der Waals surface area contributed by atoms with Gasteiger partial charge in [-0.05, 0) is 30.9 Å². The lowest BCUT2D eigenvalue weighted by molar-refractivity contribution is 0.573. The Labute approximate surface area is 95.5 Å². The van der Waals surface area contributed by atoms with E-state index in [1.165, 1.54) is 11.1 Å². The van der Waals surface area contributed by atoms with Crippen molar-refractivity contribution in [2.24, 2.45) is 0 Å². The minimum atomic E-state index is 0.583. The highest BCUT2D eigenvalue weighted by molar-refractivity contribution is 5.27. The number of aromatic nitrogens is 1. The second-order valence-electron chi connectivity index (χ2n) is 3.82. The number of hydrogen-bond acceptors (Lipinski definition) is 3. The normalized spacial score (nSPS) is 10.4. The van der Waals surface area contributed by atoms with Crippen molar-refractivity contribution < 1.29 is 4.42 Å². The maximum atomic E-state index is 5.21. The molecule has 0 radical (unpaired) electrons. The van der Waals surface area contributed by atoms with Crippen molar-refractivity contribution in [1.29, 1.82) is 0 Å². The quantitative estimate of drug-likeness (QED) is 0.854. The number of benzene rings is 1. The van der Waals surface area contributed by atoms with Crippen molar-refractivity contribution in [3.8, 4) is 0 Å². The van der Waals surface area contributed by atoms with Crippen LogP contribution in [0.3, 0.4) is 0 Å².